The van der Waals surface area contributed by atoms with Gasteiger partial charge in [-0.1, -0.05) is 6.92 Å². The molecule has 0 radical (unpaired) electrons. The van der Waals surface area contributed by atoms with E-state index in [9.17, 15) is 0 Å². The van der Waals surface area contributed by atoms with E-state index in [0.717, 1.165) is 18.7 Å². The van der Waals surface area contributed by atoms with Gasteiger partial charge in [-0.2, -0.15) is 4.98 Å². The average Bonchev–Trinajstić information content (AvgIpc) is 2.68. The van der Waals surface area contributed by atoms with E-state index >= 15 is 0 Å². The molecule has 5 heteroatoms. The first-order valence-corrected chi connectivity index (χ1v) is 5.90. The van der Waals surface area contributed by atoms with Crippen LogP contribution in [-0.4, -0.2) is 34.7 Å². The molecule has 2 N–H and O–H groups in total. The first-order valence-electron chi connectivity index (χ1n) is 5.90. The van der Waals surface area contributed by atoms with Gasteiger partial charge in [-0.05, 0) is 44.1 Å². The fraction of sp³-hybridized carbons (Fsp3) is 0.500. The molecule has 0 aliphatic heterocycles. The number of pyridine rings is 1. The largest absolute Gasteiger partial charge is 0.353 e. The third-order valence-electron chi connectivity index (χ3n) is 2.65. The molecular weight excluding hydrogens is 214 g/mol. The van der Waals surface area contributed by atoms with Gasteiger partial charge >= 0.3 is 0 Å². The second kappa shape index (κ2) is 5.14. The van der Waals surface area contributed by atoms with Crippen molar-refractivity contribution < 1.29 is 0 Å². The Morgan fingerprint density at radius 2 is 2.24 bits per heavy atom. The van der Waals surface area contributed by atoms with Crippen molar-refractivity contribution in [1.29, 1.82) is 0 Å². The van der Waals surface area contributed by atoms with E-state index in [1.54, 1.807) is 4.52 Å². The van der Waals surface area contributed by atoms with Crippen LogP contribution < -0.4 is 10.6 Å². The van der Waals surface area contributed by atoms with E-state index in [0.29, 0.717) is 11.9 Å². The topological polar surface area (TPSA) is 54.2 Å². The Morgan fingerprint density at radius 3 is 3.00 bits per heavy atom. The first kappa shape index (κ1) is 11.9. The van der Waals surface area contributed by atoms with Crippen LogP contribution in [0.3, 0.4) is 0 Å². The molecule has 17 heavy (non-hydrogen) atoms. The van der Waals surface area contributed by atoms with Gasteiger partial charge in [-0.15, -0.1) is 5.10 Å². The molecule has 2 aromatic heterocycles. The monoisotopic (exact) mass is 233 g/mol. The van der Waals surface area contributed by atoms with E-state index < -0.39 is 0 Å². The van der Waals surface area contributed by atoms with Crippen LogP contribution in [-0.2, 0) is 0 Å². The van der Waals surface area contributed by atoms with Crippen molar-refractivity contribution >= 4 is 11.6 Å². The number of hydrogen-bond acceptors (Lipinski definition) is 4. The van der Waals surface area contributed by atoms with Gasteiger partial charge in [-0.25, -0.2) is 4.52 Å². The predicted octanol–water partition coefficient (Wildman–Crippen LogP) is 1.31. The third-order valence-corrected chi connectivity index (χ3v) is 2.65. The lowest BCUT2D eigenvalue weighted by Gasteiger charge is -2.09. The van der Waals surface area contributed by atoms with Crippen molar-refractivity contribution in [3.05, 3.63) is 23.9 Å². The molecule has 92 valence electrons. The van der Waals surface area contributed by atoms with Crippen molar-refractivity contribution in [2.45, 2.75) is 13.8 Å². The number of aryl methyl sites for hydroxylation is 1. The highest BCUT2D eigenvalue weighted by Gasteiger charge is 2.05. The van der Waals surface area contributed by atoms with Crippen LogP contribution in [0.2, 0.25) is 0 Å². The summed E-state index contributed by atoms with van der Waals surface area (Å²) in [4.78, 5) is 4.43. The van der Waals surface area contributed by atoms with E-state index in [4.69, 9.17) is 0 Å². The summed E-state index contributed by atoms with van der Waals surface area (Å²) >= 11 is 0. The third kappa shape index (κ3) is 2.94. The zero-order valence-corrected chi connectivity index (χ0v) is 10.6. The van der Waals surface area contributed by atoms with Gasteiger partial charge in [0, 0.05) is 12.7 Å². The Morgan fingerprint density at radius 1 is 1.41 bits per heavy atom. The molecule has 5 nitrogen and oxygen atoms in total. The number of aromatic nitrogens is 3. The van der Waals surface area contributed by atoms with Crippen LogP contribution in [0.15, 0.2) is 18.3 Å². The molecule has 0 bridgehead atoms. The minimum Gasteiger partial charge on any atom is -0.353 e. The molecule has 0 saturated heterocycles. The fourth-order valence-corrected chi connectivity index (χ4v) is 1.74. The molecule has 0 amide bonds. The second-order valence-electron chi connectivity index (χ2n) is 4.49. The molecule has 2 rings (SSSR count). The molecule has 0 saturated carbocycles. The molecular formula is C12H19N5. The summed E-state index contributed by atoms with van der Waals surface area (Å²) in [5.41, 5.74) is 2.08. The van der Waals surface area contributed by atoms with Crippen LogP contribution in [0.25, 0.3) is 5.65 Å². The maximum absolute atomic E-state index is 4.43. The summed E-state index contributed by atoms with van der Waals surface area (Å²) < 4.78 is 1.79. The van der Waals surface area contributed by atoms with E-state index in [-0.39, 0.29) is 0 Å². The van der Waals surface area contributed by atoms with Crippen molar-refractivity contribution in [2.75, 3.05) is 25.5 Å². The zero-order valence-electron chi connectivity index (χ0n) is 10.6. The lowest BCUT2D eigenvalue weighted by molar-refractivity contribution is 0.568. The average molecular weight is 233 g/mol. The Balaban J connectivity index is 2.04. The molecule has 0 spiro atoms. The lowest BCUT2D eigenvalue weighted by Crippen LogP contribution is -2.23. The SMILES string of the molecule is CNCC(C)CNc1nc2cc(C)ccn2n1. The van der Waals surface area contributed by atoms with Gasteiger partial charge in [-0.3, -0.25) is 0 Å². The molecule has 2 aromatic rings. The van der Waals surface area contributed by atoms with Crippen molar-refractivity contribution in [3.8, 4) is 0 Å². The number of anilines is 1. The van der Waals surface area contributed by atoms with Gasteiger partial charge in [0.05, 0.1) is 0 Å². The van der Waals surface area contributed by atoms with Crippen molar-refractivity contribution in [3.63, 3.8) is 0 Å². The van der Waals surface area contributed by atoms with Gasteiger partial charge in [0.2, 0.25) is 5.95 Å². The normalized spacial score (nSPS) is 12.9. The summed E-state index contributed by atoms with van der Waals surface area (Å²) in [5, 5.41) is 10.8. The van der Waals surface area contributed by atoms with Crippen LogP contribution in [0, 0.1) is 12.8 Å². The highest BCUT2D eigenvalue weighted by Crippen LogP contribution is 2.07. The highest BCUT2D eigenvalue weighted by molar-refractivity contribution is 5.45. The van der Waals surface area contributed by atoms with Crippen LogP contribution in [0.5, 0.6) is 0 Å². The van der Waals surface area contributed by atoms with Gasteiger partial charge in [0.25, 0.3) is 0 Å². The Labute approximate surface area is 101 Å². The van der Waals surface area contributed by atoms with Crippen LogP contribution in [0.4, 0.5) is 5.95 Å². The molecule has 0 fully saturated rings. The van der Waals surface area contributed by atoms with Crippen molar-refractivity contribution in [2.24, 2.45) is 5.92 Å². The fourth-order valence-electron chi connectivity index (χ4n) is 1.74. The predicted molar refractivity (Wildman–Crippen MR) is 69.3 cm³/mol. The minimum atomic E-state index is 0.549. The minimum absolute atomic E-state index is 0.549. The van der Waals surface area contributed by atoms with Crippen molar-refractivity contribution in [1.82, 2.24) is 19.9 Å². The maximum Gasteiger partial charge on any atom is 0.243 e. The number of nitrogens with one attached hydrogen (secondary N) is 2. The summed E-state index contributed by atoms with van der Waals surface area (Å²) in [6.45, 7) is 6.09. The van der Waals surface area contributed by atoms with E-state index in [2.05, 4.69) is 34.6 Å². The summed E-state index contributed by atoms with van der Waals surface area (Å²) in [6.07, 6.45) is 1.93. The molecule has 0 aliphatic carbocycles. The Bertz CT molecular complexity index is 491. The molecule has 0 aromatic carbocycles. The number of fused-ring (bicyclic) bond motifs is 1. The summed E-state index contributed by atoms with van der Waals surface area (Å²) in [7, 11) is 1.96. The highest BCUT2D eigenvalue weighted by atomic mass is 15.3. The standard InChI is InChI=1S/C12H19N5/c1-9-4-5-17-11(6-9)15-12(16-17)14-8-10(2)7-13-3/h4-6,10,13H,7-8H2,1-3H3,(H,14,16). The number of nitrogens with zero attached hydrogens (tertiary/aromatic N) is 3. The maximum atomic E-state index is 4.43. The van der Waals surface area contributed by atoms with Gasteiger partial charge in [0.1, 0.15) is 0 Å². The van der Waals surface area contributed by atoms with E-state index in [1.165, 1.54) is 5.56 Å². The summed E-state index contributed by atoms with van der Waals surface area (Å²) in [6, 6.07) is 4.05. The molecule has 1 atom stereocenters. The molecule has 0 aliphatic rings. The smallest absolute Gasteiger partial charge is 0.243 e. The lowest BCUT2D eigenvalue weighted by atomic mass is 10.2. The van der Waals surface area contributed by atoms with Crippen LogP contribution in [0.1, 0.15) is 12.5 Å². The Kier molecular flexibility index (Phi) is 3.58. The number of hydrogen-bond donors (Lipinski definition) is 2. The first-order chi connectivity index (χ1) is 8.19. The quantitative estimate of drug-likeness (QED) is 0.817. The molecule has 2 heterocycles. The summed E-state index contributed by atoms with van der Waals surface area (Å²) in [5.74, 6) is 1.24. The second-order valence-corrected chi connectivity index (χ2v) is 4.49. The number of rotatable bonds is 5. The zero-order chi connectivity index (χ0) is 12.3. The van der Waals surface area contributed by atoms with E-state index in [1.807, 2.05) is 25.4 Å². The van der Waals surface area contributed by atoms with Gasteiger partial charge in [0.15, 0.2) is 5.65 Å². The Hall–Kier alpha value is -1.62. The van der Waals surface area contributed by atoms with Gasteiger partial charge < -0.3 is 10.6 Å². The van der Waals surface area contributed by atoms with Crippen LogP contribution >= 0.6 is 0 Å². The molecule has 1 unspecified atom stereocenters.